The first kappa shape index (κ1) is 12.0. The van der Waals surface area contributed by atoms with Crippen LogP contribution in [0.1, 0.15) is 5.56 Å². The summed E-state index contributed by atoms with van der Waals surface area (Å²) in [6.07, 6.45) is 1.07. The van der Waals surface area contributed by atoms with Gasteiger partial charge in [-0.2, -0.15) is 0 Å². The fraction of sp³-hybridized carbons (Fsp3) is 0.182. The van der Waals surface area contributed by atoms with Crippen LogP contribution in [-0.2, 0) is 4.74 Å². The molecule has 1 aromatic rings. The van der Waals surface area contributed by atoms with E-state index in [0.717, 1.165) is 14.8 Å². The van der Waals surface area contributed by atoms with Crippen LogP contribution < -0.4 is 5.32 Å². The van der Waals surface area contributed by atoms with Crippen LogP contribution in [0.15, 0.2) is 30.9 Å². The van der Waals surface area contributed by atoms with Gasteiger partial charge in [-0.05, 0) is 47.2 Å². The molecule has 0 aliphatic heterocycles. The lowest BCUT2D eigenvalue weighted by molar-refractivity contribution is 0.174. The molecule has 1 N–H and O–H groups in total. The predicted octanol–water partition coefficient (Wildman–Crippen LogP) is 3.33. The number of ether oxygens (including phenoxy) is 1. The van der Waals surface area contributed by atoms with E-state index >= 15 is 0 Å². The van der Waals surface area contributed by atoms with Gasteiger partial charge in [0.1, 0.15) is 6.61 Å². The van der Waals surface area contributed by atoms with E-state index in [1.165, 1.54) is 6.08 Å². The number of aryl methyl sites for hydroxylation is 1. The number of halogens is 1. The maximum Gasteiger partial charge on any atom is 0.411 e. The summed E-state index contributed by atoms with van der Waals surface area (Å²) >= 11 is 2.17. The van der Waals surface area contributed by atoms with Gasteiger partial charge in [-0.3, -0.25) is 5.32 Å². The van der Waals surface area contributed by atoms with Gasteiger partial charge in [0.05, 0.1) is 5.69 Å². The van der Waals surface area contributed by atoms with Gasteiger partial charge in [-0.1, -0.05) is 18.7 Å². The Hall–Kier alpha value is -1.04. The number of hydrogen-bond acceptors (Lipinski definition) is 2. The Morgan fingerprint density at radius 2 is 2.40 bits per heavy atom. The Kier molecular flexibility index (Phi) is 4.61. The van der Waals surface area contributed by atoms with Crippen molar-refractivity contribution in [3.63, 3.8) is 0 Å². The average Bonchev–Trinajstić information content (AvgIpc) is 2.19. The molecule has 0 unspecified atom stereocenters. The lowest BCUT2D eigenvalue weighted by Crippen LogP contribution is -2.14. The van der Waals surface area contributed by atoms with E-state index in [0.29, 0.717) is 0 Å². The van der Waals surface area contributed by atoms with E-state index in [1.807, 2.05) is 25.1 Å². The second-order valence-corrected chi connectivity index (χ2v) is 4.16. The molecule has 0 saturated heterocycles. The molecular formula is C11H12INO2. The van der Waals surface area contributed by atoms with Crippen molar-refractivity contribution in [3.8, 4) is 0 Å². The summed E-state index contributed by atoms with van der Waals surface area (Å²) in [5.41, 5.74) is 1.92. The standard InChI is InChI=1S/C11H12INO2/c1-3-6-15-11(14)13-10-5-4-8(2)7-9(10)12/h3-5,7H,1,6H2,2H3,(H,13,14). The molecule has 0 heterocycles. The molecule has 0 fully saturated rings. The highest BCUT2D eigenvalue weighted by molar-refractivity contribution is 14.1. The van der Waals surface area contributed by atoms with E-state index in [9.17, 15) is 4.79 Å². The Morgan fingerprint density at radius 3 is 3.00 bits per heavy atom. The smallest absolute Gasteiger partial charge is 0.411 e. The minimum atomic E-state index is -0.461. The molecule has 1 aromatic carbocycles. The molecule has 80 valence electrons. The van der Waals surface area contributed by atoms with Gasteiger partial charge < -0.3 is 4.74 Å². The third-order valence-electron chi connectivity index (χ3n) is 1.69. The third-order valence-corrected chi connectivity index (χ3v) is 2.59. The van der Waals surface area contributed by atoms with Crippen molar-refractivity contribution in [1.29, 1.82) is 0 Å². The lowest BCUT2D eigenvalue weighted by Gasteiger charge is -2.07. The Bertz CT molecular complexity index is 377. The minimum absolute atomic E-state index is 0.217. The molecule has 0 aliphatic carbocycles. The van der Waals surface area contributed by atoms with Gasteiger partial charge in [0.25, 0.3) is 0 Å². The molecule has 0 radical (unpaired) electrons. The second kappa shape index (κ2) is 5.75. The first-order chi connectivity index (χ1) is 7.13. The average molecular weight is 317 g/mol. The molecule has 1 amide bonds. The van der Waals surface area contributed by atoms with Crippen LogP contribution >= 0.6 is 22.6 Å². The first-order valence-electron chi connectivity index (χ1n) is 4.44. The second-order valence-electron chi connectivity index (χ2n) is 3.00. The zero-order valence-electron chi connectivity index (χ0n) is 8.42. The molecule has 1 rings (SSSR count). The quantitative estimate of drug-likeness (QED) is 0.686. The normalized spacial score (nSPS) is 9.47. The molecule has 0 atom stereocenters. The predicted molar refractivity (Wildman–Crippen MR) is 69.1 cm³/mol. The van der Waals surface area contributed by atoms with Crippen molar-refractivity contribution in [2.45, 2.75) is 6.92 Å². The van der Waals surface area contributed by atoms with Crippen molar-refractivity contribution in [3.05, 3.63) is 40.0 Å². The molecule has 15 heavy (non-hydrogen) atoms. The molecule has 4 heteroatoms. The number of amides is 1. The number of carbonyl (C=O) groups is 1. The highest BCUT2D eigenvalue weighted by Crippen LogP contribution is 2.19. The molecule has 0 bridgehead atoms. The Morgan fingerprint density at radius 1 is 1.67 bits per heavy atom. The van der Waals surface area contributed by atoms with Gasteiger partial charge in [0, 0.05) is 3.57 Å². The Labute approximate surface area is 103 Å². The fourth-order valence-corrected chi connectivity index (χ4v) is 1.81. The SMILES string of the molecule is C=CCOC(=O)Nc1ccc(C)cc1I. The summed E-state index contributed by atoms with van der Waals surface area (Å²) in [5, 5.41) is 2.66. The van der Waals surface area contributed by atoms with Gasteiger partial charge in [-0.25, -0.2) is 4.79 Å². The van der Waals surface area contributed by atoms with Crippen LogP contribution in [0.25, 0.3) is 0 Å². The van der Waals surface area contributed by atoms with Crippen LogP contribution in [0.5, 0.6) is 0 Å². The highest BCUT2D eigenvalue weighted by Gasteiger charge is 2.05. The summed E-state index contributed by atoms with van der Waals surface area (Å²) in [6.45, 7) is 5.68. The summed E-state index contributed by atoms with van der Waals surface area (Å²) in [6, 6.07) is 5.78. The number of anilines is 1. The van der Waals surface area contributed by atoms with Gasteiger partial charge in [0.2, 0.25) is 0 Å². The minimum Gasteiger partial charge on any atom is -0.445 e. The molecule has 0 saturated carbocycles. The molecular weight excluding hydrogens is 305 g/mol. The van der Waals surface area contributed by atoms with Crippen molar-refractivity contribution >= 4 is 34.4 Å². The van der Waals surface area contributed by atoms with E-state index in [2.05, 4.69) is 34.5 Å². The van der Waals surface area contributed by atoms with Crippen LogP contribution in [0, 0.1) is 10.5 Å². The monoisotopic (exact) mass is 317 g/mol. The third kappa shape index (κ3) is 3.91. The number of rotatable bonds is 3. The van der Waals surface area contributed by atoms with E-state index in [-0.39, 0.29) is 6.61 Å². The summed E-state index contributed by atoms with van der Waals surface area (Å²) in [4.78, 5) is 11.2. The maximum absolute atomic E-state index is 11.2. The van der Waals surface area contributed by atoms with E-state index < -0.39 is 6.09 Å². The van der Waals surface area contributed by atoms with Crippen LogP contribution in [-0.4, -0.2) is 12.7 Å². The topological polar surface area (TPSA) is 38.3 Å². The fourth-order valence-electron chi connectivity index (χ4n) is 1.00. The number of nitrogens with one attached hydrogen (secondary N) is 1. The van der Waals surface area contributed by atoms with Gasteiger partial charge in [-0.15, -0.1) is 0 Å². The van der Waals surface area contributed by atoms with Gasteiger partial charge in [0.15, 0.2) is 0 Å². The van der Waals surface area contributed by atoms with Crippen molar-refractivity contribution in [2.24, 2.45) is 0 Å². The summed E-state index contributed by atoms with van der Waals surface area (Å²) in [5.74, 6) is 0. The molecule has 0 spiro atoms. The highest BCUT2D eigenvalue weighted by atomic mass is 127. The van der Waals surface area contributed by atoms with Crippen molar-refractivity contribution < 1.29 is 9.53 Å². The largest absolute Gasteiger partial charge is 0.445 e. The lowest BCUT2D eigenvalue weighted by atomic mass is 10.2. The van der Waals surface area contributed by atoms with Gasteiger partial charge >= 0.3 is 6.09 Å². The zero-order chi connectivity index (χ0) is 11.3. The summed E-state index contributed by atoms with van der Waals surface area (Å²) < 4.78 is 5.80. The van der Waals surface area contributed by atoms with E-state index in [4.69, 9.17) is 4.74 Å². The summed E-state index contributed by atoms with van der Waals surface area (Å²) in [7, 11) is 0. The number of carbonyl (C=O) groups excluding carboxylic acids is 1. The van der Waals surface area contributed by atoms with Crippen LogP contribution in [0.3, 0.4) is 0 Å². The number of hydrogen-bond donors (Lipinski definition) is 1. The van der Waals surface area contributed by atoms with Crippen molar-refractivity contribution in [2.75, 3.05) is 11.9 Å². The molecule has 0 aliphatic rings. The number of benzene rings is 1. The zero-order valence-corrected chi connectivity index (χ0v) is 10.6. The van der Waals surface area contributed by atoms with Crippen LogP contribution in [0.4, 0.5) is 10.5 Å². The first-order valence-corrected chi connectivity index (χ1v) is 5.52. The molecule has 0 aromatic heterocycles. The molecule has 3 nitrogen and oxygen atoms in total. The van der Waals surface area contributed by atoms with Crippen LogP contribution in [0.2, 0.25) is 0 Å². The van der Waals surface area contributed by atoms with E-state index in [1.54, 1.807) is 0 Å². The Balaban J connectivity index is 2.64. The maximum atomic E-state index is 11.2. The van der Waals surface area contributed by atoms with Crippen molar-refractivity contribution in [1.82, 2.24) is 0 Å².